The van der Waals surface area contributed by atoms with Gasteiger partial charge in [-0.1, -0.05) is 18.7 Å². The summed E-state index contributed by atoms with van der Waals surface area (Å²) in [4.78, 5) is 36.3. The SMILES string of the molecule is C=CC(=O)N1[C@H](C)Cn2nc(-c3nc(-c4ccc5c(c4)CN(C)[C@@H](C(=O)N(C)C)C5)c4scc(F)c4c3-c3c(F)cc(F)cc3OCCOC)cc2[C@@H]1C. The van der Waals surface area contributed by atoms with Crippen LogP contribution in [0.1, 0.15) is 36.7 Å². The van der Waals surface area contributed by atoms with Crippen molar-refractivity contribution in [3.05, 3.63) is 88.7 Å². The highest BCUT2D eigenvalue weighted by molar-refractivity contribution is 7.17. The zero-order valence-electron chi connectivity index (χ0n) is 31.0. The number of carbonyl (C=O) groups excluding carboxylic acids is 2. The van der Waals surface area contributed by atoms with Crippen LogP contribution >= 0.6 is 11.3 Å². The average molecular weight is 759 g/mol. The average Bonchev–Trinajstić information content (AvgIpc) is 3.74. The Labute approximate surface area is 315 Å². The van der Waals surface area contributed by atoms with E-state index in [1.165, 1.54) is 18.6 Å². The molecule has 2 aromatic carbocycles. The third-order valence-corrected chi connectivity index (χ3v) is 11.3. The van der Waals surface area contributed by atoms with Crippen molar-refractivity contribution in [3.8, 4) is 39.5 Å². The van der Waals surface area contributed by atoms with Gasteiger partial charge in [-0.05, 0) is 56.7 Å². The first kappa shape index (κ1) is 37.3. The Morgan fingerprint density at radius 2 is 1.81 bits per heavy atom. The maximum absolute atomic E-state index is 16.4. The molecule has 10 nitrogen and oxygen atoms in total. The van der Waals surface area contributed by atoms with Gasteiger partial charge >= 0.3 is 0 Å². The number of halogens is 3. The first-order valence-electron chi connectivity index (χ1n) is 17.6. The highest BCUT2D eigenvalue weighted by atomic mass is 32.1. The minimum absolute atomic E-state index is 0.0194. The Kier molecular flexibility index (Phi) is 10.1. The van der Waals surface area contributed by atoms with E-state index >= 15 is 8.78 Å². The van der Waals surface area contributed by atoms with E-state index in [1.807, 2.05) is 44.0 Å². The first-order valence-corrected chi connectivity index (χ1v) is 18.5. The molecule has 0 saturated heterocycles. The van der Waals surface area contributed by atoms with Crippen LogP contribution in [0.2, 0.25) is 0 Å². The molecule has 0 N–H and O–H groups in total. The third kappa shape index (κ3) is 6.45. The molecule has 0 bridgehead atoms. The van der Waals surface area contributed by atoms with E-state index in [4.69, 9.17) is 19.6 Å². The molecule has 0 saturated carbocycles. The number of thiophene rings is 1. The van der Waals surface area contributed by atoms with E-state index in [9.17, 15) is 14.0 Å². The third-order valence-electron chi connectivity index (χ3n) is 10.3. The van der Waals surface area contributed by atoms with Gasteiger partial charge in [0.05, 0.1) is 46.9 Å². The molecule has 0 unspecified atom stereocenters. The number of rotatable bonds is 9. The van der Waals surface area contributed by atoms with Crippen molar-refractivity contribution >= 4 is 33.2 Å². The molecule has 2 aliphatic heterocycles. The molecule has 0 aliphatic carbocycles. The number of ether oxygens (including phenoxy) is 2. The molecule has 0 radical (unpaired) electrons. The van der Waals surface area contributed by atoms with Crippen molar-refractivity contribution in [2.45, 2.75) is 51.5 Å². The summed E-state index contributed by atoms with van der Waals surface area (Å²) in [5.74, 6) is -2.78. The number of pyridine rings is 1. The highest BCUT2D eigenvalue weighted by Gasteiger charge is 2.36. The van der Waals surface area contributed by atoms with E-state index in [-0.39, 0.29) is 65.1 Å². The van der Waals surface area contributed by atoms with Crippen LogP contribution < -0.4 is 4.74 Å². The van der Waals surface area contributed by atoms with Crippen LogP contribution in [0.15, 0.2) is 54.4 Å². The van der Waals surface area contributed by atoms with Crippen LogP contribution in [-0.4, -0.2) is 94.8 Å². The van der Waals surface area contributed by atoms with E-state index in [1.54, 1.807) is 34.6 Å². The number of carbonyl (C=O) groups is 2. The molecule has 5 aromatic rings. The van der Waals surface area contributed by atoms with Crippen LogP contribution in [0.4, 0.5) is 13.2 Å². The van der Waals surface area contributed by atoms with Gasteiger partial charge in [0.2, 0.25) is 11.8 Å². The molecule has 14 heteroatoms. The lowest BCUT2D eigenvalue weighted by atomic mass is 9.90. The molecular weight excluding hydrogens is 718 g/mol. The summed E-state index contributed by atoms with van der Waals surface area (Å²) in [5.41, 5.74) is 4.26. The number of hydrogen-bond donors (Lipinski definition) is 0. The summed E-state index contributed by atoms with van der Waals surface area (Å²) in [5, 5.41) is 6.36. The second-order valence-corrected chi connectivity index (χ2v) is 14.9. The van der Waals surface area contributed by atoms with Crippen molar-refractivity contribution in [2.24, 2.45) is 0 Å². The fourth-order valence-electron chi connectivity index (χ4n) is 7.69. The molecule has 282 valence electrons. The lowest BCUT2D eigenvalue weighted by Gasteiger charge is -2.38. The van der Waals surface area contributed by atoms with E-state index in [0.717, 1.165) is 34.6 Å². The Bertz CT molecular complexity index is 2300. The fourth-order valence-corrected chi connectivity index (χ4v) is 8.62. The standard InChI is InChI=1S/C40H41F3N6O4S/c1-8-33(50)49-21(2)18-48-30(22(49)3)17-29(45-48)38-36(34-27(42)15-26(41)16-32(34)53-12-11-52-7)35-28(43)20-54-39(35)37(44-38)24-10-9-23-14-31(40(51)46(4)5)47(6)19-25(23)13-24/h8-10,13,15-17,20-22,31H,1,11-12,14,18-19H2,2-7H3/t21-,22+,31-/m1/s1. The maximum Gasteiger partial charge on any atom is 0.246 e. The summed E-state index contributed by atoms with van der Waals surface area (Å²) in [6, 6.07) is 8.54. The molecular formula is C40H41F3N6O4S. The van der Waals surface area contributed by atoms with Gasteiger partial charge in [-0.15, -0.1) is 11.3 Å². The topological polar surface area (TPSA) is 93.0 Å². The number of aromatic nitrogens is 3. The lowest BCUT2D eigenvalue weighted by Crippen LogP contribution is -2.48. The number of nitrogens with zero attached hydrogens (tertiary/aromatic N) is 6. The van der Waals surface area contributed by atoms with Gasteiger partial charge in [0.15, 0.2) is 0 Å². The van der Waals surface area contributed by atoms with E-state index in [0.29, 0.717) is 46.9 Å². The Hall–Kier alpha value is -5.05. The quantitative estimate of drug-likeness (QED) is 0.120. The molecule has 0 fully saturated rings. The van der Waals surface area contributed by atoms with Crippen LogP contribution in [0.5, 0.6) is 5.75 Å². The Balaban J connectivity index is 1.47. The van der Waals surface area contributed by atoms with Crippen molar-refractivity contribution in [1.29, 1.82) is 0 Å². The van der Waals surface area contributed by atoms with Crippen LogP contribution in [0.25, 0.3) is 43.9 Å². The number of fused-ring (bicyclic) bond motifs is 3. The predicted octanol–water partition coefficient (Wildman–Crippen LogP) is 6.86. The summed E-state index contributed by atoms with van der Waals surface area (Å²) < 4.78 is 60.7. The van der Waals surface area contributed by atoms with Crippen molar-refractivity contribution < 1.29 is 32.2 Å². The van der Waals surface area contributed by atoms with E-state index < -0.39 is 23.5 Å². The molecule has 7 rings (SSSR count). The molecule has 54 heavy (non-hydrogen) atoms. The molecule has 0 spiro atoms. The number of benzene rings is 2. The number of hydrogen-bond acceptors (Lipinski definition) is 8. The van der Waals surface area contributed by atoms with Crippen LogP contribution in [0.3, 0.4) is 0 Å². The van der Waals surface area contributed by atoms with Gasteiger partial charge in [0, 0.05) is 67.8 Å². The first-order chi connectivity index (χ1) is 25.8. The van der Waals surface area contributed by atoms with Crippen molar-refractivity contribution in [2.75, 3.05) is 41.5 Å². The second-order valence-electron chi connectivity index (χ2n) is 14.0. The van der Waals surface area contributed by atoms with Gasteiger partial charge in [0.25, 0.3) is 0 Å². The number of likely N-dealkylation sites (N-methyl/N-ethyl adjacent to an activating group) is 2. The summed E-state index contributed by atoms with van der Waals surface area (Å²) in [6.07, 6.45) is 1.81. The Morgan fingerprint density at radius 1 is 1.04 bits per heavy atom. The van der Waals surface area contributed by atoms with Crippen LogP contribution in [0, 0.1) is 17.5 Å². The van der Waals surface area contributed by atoms with Gasteiger partial charge in [0.1, 0.15) is 41.2 Å². The minimum atomic E-state index is -0.961. The smallest absolute Gasteiger partial charge is 0.246 e. The zero-order valence-corrected chi connectivity index (χ0v) is 31.8. The molecule has 5 heterocycles. The monoisotopic (exact) mass is 758 g/mol. The molecule has 2 amide bonds. The number of amides is 2. The van der Waals surface area contributed by atoms with Crippen LogP contribution in [-0.2, 0) is 33.8 Å². The summed E-state index contributed by atoms with van der Waals surface area (Å²) in [6.45, 7) is 8.47. The van der Waals surface area contributed by atoms with Gasteiger partial charge in [-0.3, -0.25) is 19.2 Å². The minimum Gasteiger partial charge on any atom is -0.490 e. The predicted molar refractivity (Wildman–Crippen MR) is 202 cm³/mol. The molecule has 2 aliphatic rings. The summed E-state index contributed by atoms with van der Waals surface area (Å²) >= 11 is 1.13. The molecule has 3 atom stereocenters. The second kappa shape index (κ2) is 14.6. The van der Waals surface area contributed by atoms with Gasteiger partial charge in [-0.2, -0.15) is 5.10 Å². The van der Waals surface area contributed by atoms with Gasteiger partial charge < -0.3 is 19.3 Å². The number of methoxy groups -OCH3 is 1. The normalized spacial score (nSPS) is 18.4. The largest absolute Gasteiger partial charge is 0.490 e. The molecule has 3 aromatic heterocycles. The fraction of sp³-hybridized carbons (Fsp3) is 0.350. The van der Waals surface area contributed by atoms with Crippen molar-refractivity contribution in [3.63, 3.8) is 0 Å². The zero-order chi connectivity index (χ0) is 38.6. The van der Waals surface area contributed by atoms with E-state index in [2.05, 4.69) is 6.58 Å². The van der Waals surface area contributed by atoms with Crippen molar-refractivity contribution in [1.82, 2.24) is 29.5 Å². The maximum atomic E-state index is 16.4. The Morgan fingerprint density at radius 3 is 2.54 bits per heavy atom. The van der Waals surface area contributed by atoms with Gasteiger partial charge in [-0.25, -0.2) is 18.2 Å². The highest BCUT2D eigenvalue weighted by Crippen LogP contribution is 2.48. The lowest BCUT2D eigenvalue weighted by molar-refractivity contribution is -0.134. The summed E-state index contributed by atoms with van der Waals surface area (Å²) in [7, 11) is 6.88.